The molecule has 0 heterocycles. The smallest absolute Gasteiger partial charge is 0.268 e. The van der Waals surface area contributed by atoms with E-state index in [1.807, 2.05) is 0 Å². The van der Waals surface area contributed by atoms with E-state index in [0.717, 1.165) is 0 Å². The highest BCUT2D eigenvalue weighted by Gasteiger charge is 2.26. The summed E-state index contributed by atoms with van der Waals surface area (Å²) in [5, 5.41) is 0. The Morgan fingerprint density at radius 1 is 0.750 bits per heavy atom. The maximum Gasteiger partial charge on any atom is 0.302 e. The average Bonchev–Trinajstić information content (AvgIpc) is 2.40. The number of hydrogen-bond acceptors (Lipinski definition) is 6. The summed E-state index contributed by atoms with van der Waals surface area (Å²) in [5.74, 6) is 0. The van der Waals surface area contributed by atoms with Gasteiger partial charge in [0.15, 0.2) is 0 Å². The van der Waals surface area contributed by atoms with Crippen LogP contribution in [0.3, 0.4) is 0 Å². The molecule has 0 bridgehead atoms. The van der Waals surface area contributed by atoms with Crippen LogP contribution in [0.5, 0.6) is 0 Å². The van der Waals surface area contributed by atoms with Crippen LogP contribution in [-0.2, 0) is 28.6 Å². The fourth-order valence-corrected chi connectivity index (χ4v) is 2.16. The summed E-state index contributed by atoms with van der Waals surface area (Å²) in [4.78, 5) is 0. The Bertz CT molecular complexity index is 421. The fraction of sp³-hybridized carbons (Fsp3) is 1.00. The molecule has 20 heavy (non-hydrogen) atoms. The minimum atomic E-state index is -4.65. The Kier molecular flexibility index (Phi) is 8.54. The van der Waals surface area contributed by atoms with Crippen molar-refractivity contribution < 1.29 is 42.8 Å². The largest absolute Gasteiger partial charge is 0.302 e. The normalized spacial score (nSPS) is 16.0. The summed E-state index contributed by atoms with van der Waals surface area (Å²) in [6, 6.07) is 0. The Labute approximate surface area is 114 Å². The Balaban J connectivity index is 3.90. The van der Waals surface area contributed by atoms with Gasteiger partial charge in [0.2, 0.25) is 0 Å². The zero-order valence-electron chi connectivity index (χ0n) is 10.2. The van der Waals surface area contributed by atoms with Crippen LogP contribution in [0.15, 0.2) is 0 Å². The number of hydrogen-bond donors (Lipinski definition) is 0. The van der Waals surface area contributed by atoms with E-state index in [1.54, 1.807) is 0 Å². The predicted octanol–water partition coefficient (Wildman–Crippen LogP) is 0.990. The van der Waals surface area contributed by atoms with Gasteiger partial charge in [-0.25, -0.2) is 17.6 Å². The van der Waals surface area contributed by atoms with E-state index >= 15 is 0 Å². The van der Waals surface area contributed by atoms with Crippen molar-refractivity contribution in [2.75, 3.05) is 26.6 Å². The van der Waals surface area contributed by atoms with Gasteiger partial charge in [-0.1, -0.05) is 0 Å². The van der Waals surface area contributed by atoms with Gasteiger partial charge in [0, 0.05) is 0 Å². The first-order chi connectivity index (χ1) is 9.17. The minimum Gasteiger partial charge on any atom is -0.268 e. The van der Waals surface area contributed by atoms with Gasteiger partial charge in [-0.3, -0.25) is 8.37 Å². The molecule has 0 aliphatic heterocycles. The summed E-state index contributed by atoms with van der Waals surface area (Å²) in [6.07, 6.45) is -0.138. The standard InChI is InChI=1S/C8H14F4O6S2/c9-5-7(11)19(13,14)17-3-1-2-4-18-20(15,16)8(12)6-10/h7-8H,1-6H2. The van der Waals surface area contributed by atoms with E-state index in [-0.39, 0.29) is 12.8 Å². The van der Waals surface area contributed by atoms with Crippen molar-refractivity contribution in [3.8, 4) is 0 Å². The Morgan fingerprint density at radius 3 is 1.30 bits per heavy atom. The van der Waals surface area contributed by atoms with Gasteiger partial charge in [-0.2, -0.15) is 16.8 Å². The lowest BCUT2D eigenvalue weighted by atomic mass is 10.3. The van der Waals surface area contributed by atoms with E-state index in [4.69, 9.17) is 0 Å². The van der Waals surface area contributed by atoms with Crippen LogP contribution in [0.1, 0.15) is 12.8 Å². The van der Waals surface area contributed by atoms with Crippen molar-refractivity contribution in [2.24, 2.45) is 0 Å². The van der Waals surface area contributed by atoms with Gasteiger partial charge < -0.3 is 0 Å². The van der Waals surface area contributed by atoms with E-state index in [2.05, 4.69) is 8.37 Å². The average molecular weight is 346 g/mol. The molecule has 12 heteroatoms. The topological polar surface area (TPSA) is 86.7 Å². The van der Waals surface area contributed by atoms with Crippen LogP contribution in [0.25, 0.3) is 0 Å². The van der Waals surface area contributed by atoms with E-state index in [9.17, 15) is 34.4 Å². The van der Waals surface area contributed by atoms with Crippen LogP contribution >= 0.6 is 0 Å². The van der Waals surface area contributed by atoms with E-state index < -0.39 is 57.8 Å². The minimum absolute atomic E-state index is 0.0691. The van der Waals surface area contributed by atoms with Gasteiger partial charge in [-0.15, -0.1) is 0 Å². The summed E-state index contributed by atoms with van der Waals surface area (Å²) < 4.78 is 100. The van der Waals surface area contributed by atoms with Gasteiger partial charge in [-0.05, 0) is 12.8 Å². The molecule has 6 nitrogen and oxygen atoms in total. The third-order valence-electron chi connectivity index (χ3n) is 1.90. The highest BCUT2D eigenvalue weighted by molar-refractivity contribution is 7.87. The Morgan fingerprint density at radius 2 is 1.05 bits per heavy atom. The molecule has 2 unspecified atom stereocenters. The molecule has 0 fully saturated rings. The van der Waals surface area contributed by atoms with Crippen LogP contribution in [0.4, 0.5) is 17.6 Å². The maximum atomic E-state index is 12.5. The molecule has 0 spiro atoms. The fourth-order valence-electron chi connectivity index (χ4n) is 0.856. The Hall–Kier alpha value is -0.460. The van der Waals surface area contributed by atoms with Crippen LogP contribution in [0.2, 0.25) is 0 Å². The molecule has 0 rings (SSSR count). The lowest BCUT2D eigenvalue weighted by molar-refractivity contribution is 0.236. The molecule has 0 N–H and O–H groups in total. The number of halogens is 4. The quantitative estimate of drug-likeness (QED) is 0.315. The first-order valence-corrected chi connectivity index (χ1v) is 8.28. The summed E-state index contributed by atoms with van der Waals surface area (Å²) in [5.41, 5.74) is -5.56. The molecule has 0 radical (unpaired) electrons. The molecular weight excluding hydrogens is 332 g/mol. The highest BCUT2D eigenvalue weighted by atomic mass is 32.2. The highest BCUT2D eigenvalue weighted by Crippen LogP contribution is 2.10. The first-order valence-electron chi connectivity index (χ1n) is 5.34. The van der Waals surface area contributed by atoms with E-state index in [0.29, 0.717) is 0 Å². The summed E-state index contributed by atoms with van der Waals surface area (Å²) in [6.45, 7) is -4.53. The van der Waals surface area contributed by atoms with Crippen molar-refractivity contribution >= 4 is 20.2 Å². The maximum absolute atomic E-state index is 12.5. The van der Waals surface area contributed by atoms with Gasteiger partial charge in [0.05, 0.1) is 13.2 Å². The molecule has 0 aliphatic rings. The van der Waals surface area contributed by atoms with Crippen molar-refractivity contribution in [1.29, 1.82) is 0 Å². The zero-order valence-corrected chi connectivity index (χ0v) is 11.8. The molecule has 0 aromatic carbocycles. The lowest BCUT2D eigenvalue weighted by Crippen LogP contribution is -2.22. The monoisotopic (exact) mass is 346 g/mol. The van der Waals surface area contributed by atoms with Crippen LogP contribution in [0, 0.1) is 0 Å². The summed E-state index contributed by atoms with van der Waals surface area (Å²) in [7, 11) is -9.31. The molecule has 122 valence electrons. The molecule has 0 amide bonds. The second-order valence-electron chi connectivity index (χ2n) is 3.47. The third kappa shape index (κ3) is 6.81. The van der Waals surface area contributed by atoms with Crippen molar-refractivity contribution in [3.63, 3.8) is 0 Å². The van der Waals surface area contributed by atoms with Crippen molar-refractivity contribution in [3.05, 3.63) is 0 Å². The second kappa shape index (κ2) is 8.74. The zero-order chi connectivity index (χ0) is 15.8. The number of rotatable bonds is 11. The van der Waals surface area contributed by atoms with Crippen molar-refractivity contribution in [2.45, 2.75) is 23.8 Å². The lowest BCUT2D eigenvalue weighted by Gasteiger charge is -2.08. The third-order valence-corrected chi connectivity index (χ3v) is 4.40. The van der Waals surface area contributed by atoms with E-state index in [1.165, 1.54) is 0 Å². The predicted molar refractivity (Wildman–Crippen MR) is 60.7 cm³/mol. The van der Waals surface area contributed by atoms with Crippen LogP contribution < -0.4 is 0 Å². The summed E-state index contributed by atoms with van der Waals surface area (Å²) >= 11 is 0. The molecular formula is C8H14F4O6S2. The molecule has 0 saturated heterocycles. The van der Waals surface area contributed by atoms with Gasteiger partial charge in [0.1, 0.15) is 13.3 Å². The number of unbranched alkanes of at least 4 members (excludes halogenated alkanes) is 1. The molecule has 0 aromatic rings. The van der Waals surface area contributed by atoms with Crippen molar-refractivity contribution in [1.82, 2.24) is 0 Å². The van der Waals surface area contributed by atoms with Gasteiger partial charge >= 0.3 is 20.2 Å². The van der Waals surface area contributed by atoms with Gasteiger partial charge in [0.25, 0.3) is 11.0 Å². The molecule has 0 saturated carbocycles. The second-order valence-corrected chi connectivity index (χ2v) is 6.93. The molecule has 2 atom stereocenters. The first kappa shape index (κ1) is 19.5. The molecule has 0 aromatic heterocycles. The SMILES string of the molecule is O=S(=O)(OCCCCOS(=O)(=O)C(F)CF)C(F)CF. The number of alkyl halides is 4. The molecule has 0 aliphatic carbocycles. The van der Waals surface area contributed by atoms with Crippen LogP contribution in [-0.4, -0.2) is 54.4 Å².